The van der Waals surface area contributed by atoms with Crippen LogP contribution < -0.4 is 10.3 Å². The number of piperazine rings is 1. The summed E-state index contributed by atoms with van der Waals surface area (Å²) in [6.45, 7) is 15.3. The van der Waals surface area contributed by atoms with Crippen molar-refractivity contribution in [2.24, 2.45) is 0 Å². The molecular weight excluding hydrogens is 845 g/mol. The van der Waals surface area contributed by atoms with Gasteiger partial charge >= 0.3 is 18.1 Å². The number of carbonyl (C=O) groups is 2. The number of ether oxygens (including phenoxy) is 2. The number of fused-ring (bicyclic) bond motifs is 5. The number of carbonyl (C=O) groups excluding carboxylic acids is 2. The molecule has 17 heteroatoms. The number of aliphatic hydroxyl groups excluding tert-OH is 1. The van der Waals surface area contributed by atoms with Gasteiger partial charge in [-0.15, -0.1) is 5.10 Å². The number of esters is 1. The molecule has 1 atom stereocenters. The van der Waals surface area contributed by atoms with Crippen LogP contribution in [0.4, 0.5) is 4.79 Å². The van der Waals surface area contributed by atoms with Gasteiger partial charge in [-0.2, -0.15) is 0 Å². The number of hydrogen-bond acceptors (Lipinski definition) is 13. The number of phenolic OH excluding ortho intramolecular Hbond substituents is 2. The van der Waals surface area contributed by atoms with Crippen LogP contribution in [0.3, 0.4) is 0 Å². The molecule has 17 nitrogen and oxygen atoms in total. The van der Waals surface area contributed by atoms with Crippen molar-refractivity contribution in [3.8, 4) is 51.7 Å². The predicted molar refractivity (Wildman–Crippen MR) is 245 cm³/mol. The first-order chi connectivity index (χ1) is 31.7. The van der Waals surface area contributed by atoms with Gasteiger partial charge in [-0.3, -0.25) is 9.69 Å². The second-order valence-corrected chi connectivity index (χ2v) is 18.0. The monoisotopic (exact) mass is 899 g/mol. The highest BCUT2D eigenvalue weighted by molar-refractivity contribution is 5.90. The van der Waals surface area contributed by atoms with E-state index in [4.69, 9.17) is 14.5 Å². The Morgan fingerprint density at radius 1 is 0.970 bits per heavy atom. The van der Waals surface area contributed by atoms with Gasteiger partial charge in [-0.25, -0.2) is 19.1 Å². The van der Waals surface area contributed by atoms with Crippen molar-refractivity contribution in [1.82, 2.24) is 34.1 Å². The summed E-state index contributed by atoms with van der Waals surface area (Å²) in [5, 5.41) is 51.2. The minimum atomic E-state index is -1.52. The highest BCUT2D eigenvalue weighted by Gasteiger charge is 2.35. The molecule has 3 aromatic heterocycles. The lowest BCUT2D eigenvalue weighted by atomic mass is 9.97. The molecule has 3 aliphatic heterocycles. The Hall–Kier alpha value is -6.82. The minimum Gasteiger partial charge on any atom is -0.508 e. The molecule has 9 rings (SSSR count). The predicted octanol–water partition coefficient (Wildman–Crippen LogP) is 5.74. The number of hydrogen-bond donors (Lipinski definition) is 4. The second kappa shape index (κ2) is 17.5. The number of phenols is 2. The number of aliphatic hydroxyl groups is 1. The lowest BCUT2D eigenvalue weighted by Crippen LogP contribution is -2.59. The summed E-state index contributed by atoms with van der Waals surface area (Å²) in [5.74, 6) is -0.285. The quantitative estimate of drug-likeness (QED) is 0.0855. The zero-order valence-electron chi connectivity index (χ0n) is 37.8. The SMILES string of the molecule is CCc1c2c(nc3ccc(OC(=O)N(C)CCCN4CC[N+](CC)(Cc5ccc(-n6c(O)nnc6-c6cc(C(C)C)c(O)cc6O)cc5)CC4)cc13)-c1cc3c(c(=O)n1C2)COC(=O)[C@H]3O. The van der Waals surface area contributed by atoms with Crippen molar-refractivity contribution >= 4 is 23.0 Å². The molecule has 6 aromatic rings. The van der Waals surface area contributed by atoms with E-state index in [-0.39, 0.29) is 52.5 Å². The summed E-state index contributed by atoms with van der Waals surface area (Å²) in [4.78, 5) is 47.8. The van der Waals surface area contributed by atoms with E-state index in [1.165, 1.54) is 10.6 Å². The van der Waals surface area contributed by atoms with Crippen molar-refractivity contribution in [3.05, 3.63) is 104 Å². The average molecular weight is 900 g/mol. The molecule has 1 amide bonds. The summed E-state index contributed by atoms with van der Waals surface area (Å²) in [6.07, 6.45) is -0.554. The number of amides is 1. The highest BCUT2D eigenvalue weighted by Crippen LogP contribution is 2.41. The maximum atomic E-state index is 13.5. The molecule has 66 heavy (non-hydrogen) atoms. The van der Waals surface area contributed by atoms with E-state index in [2.05, 4.69) is 34.2 Å². The molecule has 4 N–H and O–H groups in total. The van der Waals surface area contributed by atoms with Gasteiger partial charge in [0, 0.05) is 61.4 Å². The Balaban J connectivity index is 0.790. The highest BCUT2D eigenvalue weighted by atomic mass is 16.6. The minimum absolute atomic E-state index is 0.000990. The number of aryl methyl sites for hydroxylation is 1. The number of rotatable bonds is 12. The second-order valence-electron chi connectivity index (χ2n) is 18.0. The summed E-state index contributed by atoms with van der Waals surface area (Å²) >= 11 is 0. The molecule has 0 bridgehead atoms. The number of nitrogens with zero attached hydrogens (tertiary/aromatic N) is 8. The van der Waals surface area contributed by atoms with E-state index in [9.17, 15) is 34.8 Å². The van der Waals surface area contributed by atoms with Gasteiger partial charge in [-0.05, 0) is 79.3 Å². The molecule has 1 fully saturated rings. The van der Waals surface area contributed by atoms with Crippen LogP contribution in [0.25, 0.3) is 39.4 Å². The number of aromatic nitrogens is 5. The lowest BCUT2D eigenvalue weighted by molar-refractivity contribution is -0.943. The molecule has 0 saturated carbocycles. The van der Waals surface area contributed by atoms with Crippen LogP contribution in [-0.2, 0) is 35.6 Å². The third kappa shape index (κ3) is 8.00. The van der Waals surface area contributed by atoms with Crippen LogP contribution in [0.1, 0.15) is 79.5 Å². The van der Waals surface area contributed by atoms with Gasteiger partial charge in [0.1, 0.15) is 30.4 Å². The topological polar surface area (TPSA) is 206 Å². The average Bonchev–Trinajstić information content (AvgIpc) is 3.87. The van der Waals surface area contributed by atoms with Crippen molar-refractivity contribution in [2.45, 2.75) is 72.3 Å². The molecule has 3 aromatic carbocycles. The van der Waals surface area contributed by atoms with Crippen LogP contribution in [-0.4, -0.2) is 124 Å². The zero-order chi connectivity index (χ0) is 46.6. The van der Waals surface area contributed by atoms with Crippen molar-refractivity contribution in [3.63, 3.8) is 0 Å². The molecule has 0 unspecified atom stereocenters. The van der Waals surface area contributed by atoms with Crippen molar-refractivity contribution < 1.29 is 44.0 Å². The van der Waals surface area contributed by atoms with Crippen LogP contribution in [0.15, 0.2) is 65.5 Å². The van der Waals surface area contributed by atoms with Gasteiger partial charge in [0.05, 0.1) is 59.9 Å². The number of cyclic esters (lactones) is 1. The first-order valence-corrected chi connectivity index (χ1v) is 22.6. The van der Waals surface area contributed by atoms with Crippen molar-refractivity contribution in [1.29, 1.82) is 0 Å². The molecule has 0 spiro atoms. The van der Waals surface area contributed by atoms with Gasteiger partial charge in [-0.1, -0.05) is 38.0 Å². The summed E-state index contributed by atoms with van der Waals surface area (Å²) < 4.78 is 14.9. The molecular formula is C49H55N8O9+. The number of aromatic hydroxyl groups is 3. The van der Waals surface area contributed by atoms with Crippen LogP contribution in [0.5, 0.6) is 23.3 Å². The Morgan fingerprint density at radius 3 is 2.44 bits per heavy atom. The van der Waals surface area contributed by atoms with Gasteiger partial charge in [0.15, 0.2) is 11.9 Å². The molecule has 344 valence electrons. The fourth-order valence-electron chi connectivity index (χ4n) is 9.76. The Morgan fingerprint density at radius 2 is 1.73 bits per heavy atom. The summed E-state index contributed by atoms with van der Waals surface area (Å²) in [7, 11) is 1.74. The normalized spacial score (nSPS) is 16.5. The number of likely N-dealkylation sites (N-methyl/N-ethyl adjacent to an activating group) is 1. The molecule has 0 aliphatic carbocycles. The van der Waals surface area contributed by atoms with Crippen molar-refractivity contribution in [2.75, 3.05) is 52.9 Å². The fraction of sp³-hybridized carbons (Fsp3) is 0.388. The fourth-order valence-corrected chi connectivity index (χ4v) is 9.76. The van der Waals surface area contributed by atoms with Gasteiger partial charge in [0.25, 0.3) is 5.56 Å². The van der Waals surface area contributed by atoms with Gasteiger partial charge < -0.3 is 43.8 Å². The Bertz CT molecular complexity index is 2940. The summed E-state index contributed by atoms with van der Waals surface area (Å²) in [6, 6.07) is 17.6. The first-order valence-electron chi connectivity index (χ1n) is 22.6. The Labute approximate surface area is 381 Å². The zero-order valence-corrected chi connectivity index (χ0v) is 37.8. The maximum absolute atomic E-state index is 13.5. The largest absolute Gasteiger partial charge is 0.508 e. The number of quaternary nitrogens is 1. The van der Waals surface area contributed by atoms with E-state index < -0.39 is 18.2 Å². The molecule has 6 heterocycles. The first kappa shape index (κ1) is 44.4. The summed E-state index contributed by atoms with van der Waals surface area (Å²) in [5.41, 5.74) is 6.74. The number of benzene rings is 3. The molecule has 3 aliphatic rings. The van der Waals surface area contributed by atoms with Gasteiger partial charge in [0.2, 0.25) is 0 Å². The molecule has 1 saturated heterocycles. The third-order valence-electron chi connectivity index (χ3n) is 13.7. The van der Waals surface area contributed by atoms with E-state index in [1.54, 1.807) is 40.8 Å². The van der Waals surface area contributed by atoms with E-state index in [0.717, 1.165) is 78.8 Å². The third-order valence-corrected chi connectivity index (χ3v) is 13.7. The van der Waals surface area contributed by atoms with E-state index in [0.29, 0.717) is 59.0 Å². The number of pyridine rings is 2. The maximum Gasteiger partial charge on any atom is 0.414 e. The smallest absolute Gasteiger partial charge is 0.414 e. The van der Waals surface area contributed by atoms with Crippen LogP contribution >= 0.6 is 0 Å². The van der Waals surface area contributed by atoms with Crippen LogP contribution in [0.2, 0.25) is 0 Å². The Kier molecular flexibility index (Phi) is 11.8. The lowest BCUT2D eigenvalue weighted by Gasteiger charge is -2.44. The molecule has 0 radical (unpaired) electrons. The van der Waals surface area contributed by atoms with Crippen LogP contribution in [0, 0.1) is 0 Å². The van der Waals surface area contributed by atoms with E-state index >= 15 is 0 Å². The van der Waals surface area contributed by atoms with E-state index in [1.807, 2.05) is 39.0 Å². The standard InChI is InChI=1S/C49H54N8O9/c1-6-32-34-21-31(13-14-39(34)50-43-37(32)25-55-40(43)23-35-38(46(55)61)27-65-47(62)44(35)60)66-49(64)53(5)15-8-16-54-17-19-57(7-2,20-18-54)26-29-9-11-30(12-10-29)56-45(51-52-48(56)63)36-22-33(28(3)4)41(58)24-42(36)59/h9-14,21-24,28,44,60H,6-8,15-20,25-27H2,1-5H3,(H2-,50,51,52,58,59,61,63)/p+1/t44-/m0/s1.